The molecule has 0 atom stereocenters. The fraction of sp³-hybridized carbons (Fsp3) is 0.529. The van der Waals surface area contributed by atoms with Gasteiger partial charge >= 0.3 is 0 Å². The lowest BCUT2D eigenvalue weighted by Gasteiger charge is -2.14. The fourth-order valence-corrected chi connectivity index (χ4v) is 3.04. The van der Waals surface area contributed by atoms with Gasteiger partial charge in [-0.15, -0.1) is 5.10 Å². The molecular formula is C17H24IN7O. The minimum atomic E-state index is 0.0932. The highest BCUT2D eigenvalue weighted by Gasteiger charge is 2.23. The number of H-pyrrole nitrogens is 1. The van der Waals surface area contributed by atoms with Crippen molar-refractivity contribution in [3.63, 3.8) is 0 Å². The molecule has 8 nitrogen and oxygen atoms in total. The molecule has 0 saturated carbocycles. The average molecular weight is 469 g/mol. The number of aromatic amines is 1. The Hall–Kier alpha value is -1.75. The molecule has 0 bridgehead atoms. The second kappa shape index (κ2) is 7.47. The molecule has 3 heterocycles. The smallest absolute Gasteiger partial charge is 0.186 e. The van der Waals surface area contributed by atoms with Gasteiger partial charge in [0.1, 0.15) is 5.69 Å². The van der Waals surface area contributed by atoms with E-state index >= 15 is 0 Å². The van der Waals surface area contributed by atoms with Crippen molar-refractivity contribution in [1.29, 1.82) is 0 Å². The number of ether oxygens (including phenoxy) is 1. The Morgan fingerprint density at radius 1 is 1.27 bits per heavy atom. The Kier molecular flexibility index (Phi) is 5.47. The maximum Gasteiger partial charge on any atom is 0.186 e. The Labute approximate surface area is 166 Å². The molecule has 0 aromatic carbocycles. The first-order chi connectivity index (χ1) is 12.3. The van der Waals surface area contributed by atoms with Gasteiger partial charge in [-0.3, -0.25) is 9.78 Å². The highest BCUT2D eigenvalue weighted by molar-refractivity contribution is 14.1. The maximum absolute atomic E-state index is 5.12. The molecule has 0 amide bonds. The van der Waals surface area contributed by atoms with Gasteiger partial charge in [0.15, 0.2) is 17.5 Å². The summed E-state index contributed by atoms with van der Waals surface area (Å²) < 4.78 is 9.78. The van der Waals surface area contributed by atoms with Crippen molar-refractivity contribution in [1.82, 2.24) is 34.7 Å². The van der Waals surface area contributed by atoms with E-state index in [2.05, 4.69) is 58.7 Å². The molecule has 26 heavy (non-hydrogen) atoms. The van der Waals surface area contributed by atoms with Crippen LogP contribution in [0.25, 0.3) is 17.3 Å². The van der Waals surface area contributed by atoms with E-state index in [1.165, 1.54) is 0 Å². The van der Waals surface area contributed by atoms with Crippen molar-refractivity contribution in [2.75, 3.05) is 13.7 Å². The largest absolute Gasteiger partial charge is 0.383 e. The zero-order valence-electron chi connectivity index (χ0n) is 15.7. The first kappa shape index (κ1) is 19.0. The van der Waals surface area contributed by atoms with Crippen molar-refractivity contribution >= 4 is 22.6 Å². The number of methoxy groups -OCH3 is 1. The summed E-state index contributed by atoms with van der Waals surface area (Å²) in [7, 11) is 1.68. The minimum absolute atomic E-state index is 0.0932. The molecule has 0 aliphatic carbocycles. The molecule has 0 saturated heterocycles. The van der Waals surface area contributed by atoms with Gasteiger partial charge in [0, 0.05) is 31.5 Å². The van der Waals surface area contributed by atoms with Crippen LogP contribution in [0, 0.1) is 15.9 Å². The Balaban J connectivity index is 2.04. The van der Waals surface area contributed by atoms with E-state index in [4.69, 9.17) is 14.8 Å². The van der Waals surface area contributed by atoms with Crippen LogP contribution in [0.3, 0.4) is 0 Å². The van der Waals surface area contributed by atoms with Gasteiger partial charge in [0.05, 0.1) is 16.7 Å². The molecule has 140 valence electrons. The number of halogens is 1. The van der Waals surface area contributed by atoms with E-state index < -0.39 is 0 Å². The van der Waals surface area contributed by atoms with Crippen LogP contribution in [-0.4, -0.2) is 48.5 Å². The quantitative estimate of drug-likeness (QED) is 0.561. The number of nitrogens with zero attached hydrogens (tertiary/aromatic N) is 6. The first-order valence-electron chi connectivity index (χ1n) is 8.48. The van der Waals surface area contributed by atoms with Crippen molar-refractivity contribution in [2.24, 2.45) is 5.41 Å². The van der Waals surface area contributed by atoms with Gasteiger partial charge < -0.3 is 4.74 Å². The predicted molar refractivity (Wildman–Crippen MR) is 107 cm³/mol. The lowest BCUT2D eigenvalue weighted by atomic mass is 9.92. The standard InChI is InChI=1S/C17H24IN7O/c1-11-14(18)15(21-20-11)16-19-12(10-17(2,3)4)22-25(16)13-6-7-24(23-13)8-9-26-5/h6-7H,8-10H2,1-5H3,(H,20,21). The maximum atomic E-state index is 5.12. The average Bonchev–Trinajstić information content (AvgIpc) is 3.24. The third-order valence-electron chi connectivity index (χ3n) is 3.79. The predicted octanol–water partition coefficient (Wildman–Crippen LogP) is 3.00. The van der Waals surface area contributed by atoms with Crippen LogP contribution in [0.5, 0.6) is 0 Å². The van der Waals surface area contributed by atoms with Crippen LogP contribution < -0.4 is 0 Å². The minimum Gasteiger partial charge on any atom is -0.383 e. The van der Waals surface area contributed by atoms with Crippen LogP contribution in [-0.2, 0) is 17.7 Å². The summed E-state index contributed by atoms with van der Waals surface area (Å²) in [6.07, 6.45) is 2.70. The van der Waals surface area contributed by atoms with Gasteiger partial charge in [-0.25, -0.2) is 4.98 Å². The first-order valence-corrected chi connectivity index (χ1v) is 9.56. The molecule has 3 aromatic rings. The normalized spacial score (nSPS) is 12.1. The molecular weight excluding hydrogens is 445 g/mol. The second-order valence-electron chi connectivity index (χ2n) is 7.44. The van der Waals surface area contributed by atoms with E-state index in [1.807, 2.05) is 23.9 Å². The molecule has 0 aliphatic rings. The van der Waals surface area contributed by atoms with Crippen LogP contribution in [0.2, 0.25) is 0 Å². The van der Waals surface area contributed by atoms with Crippen molar-refractivity contribution in [3.8, 4) is 17.3 Å². The van der Waals surface area contributed by atoms with E-state index in [9.17, 15) is 0 Å². The summed E-state index contributed by atoms with van der Waals surface area (Å²) in [6.45, 7) is 9.82. The summed E-state index contributed by atoms with van der Waals surface area (Å²) in [5.41, 5.74) is 1.90. The van der Waals surface area contributed by atoms with Gasteiger partial charge in [0.25, 0.3) is 0 Å². The lowest BCUT2D eigenvalue weighted by Crippen LogP contribution is -2.11. The van der Waals surface area contributed by atoms with E-state index in [0.717, 1.165) is 33.0 Å². The second-order valence-corrected chi connectivity index (χ2v) is 8.52. The molecule has 3 aromatic heterocycles. The summed E-state index contributed by atoms with van der Waals surface area (Å²) in [6, 6.07) is 1.93. The molecule has 3 rings (SSSR count). The SMILES string of the molecule is COCCn1ccc(-n2nc(CC(C)(C)C)nc2-c2n[nH]c(C)c2I)n1. The number of hydrogen-bond donors (Lipinski definition) is 1. The van der Waals surface area contributed by atoms with Gasteiger partial charge in [-0.05, 0) is 34.9 Å². The highest BCUT2D eigenvalue weighted by atomic mass is 127. The Morgan fingerprint density at radius 3 is 2.65 bits per heavy atom. The van der Waals surface area contributed by atoms with E-state index in [-0.39, 0.29) is 5.41 Å². The van der Waals surface area contributed by atoms with Gasteiger partial charge in [-0.1, -0.05) is 20.8 Å². The Bertz CT molecular complexity index is 887. The fourth-order valence-electron chi connectivity index (χ4n) is 2.55. The number of hydrogen-bond acceptors (Lipinski definition) is 5. The molecule has 9 heteroatoms. The molecule has 0 aliphatic heterocycles. The molecule has 0 radical (unpaired) electrons. The zero-order chi connectivity index (χ0) is 18.9. The lowest BCUT2D eigenvalue weighted by molar-refractivity contribution is 0.183. The number of aryl methyl sites for hydroxylation is 1. The number of aromatic nitrogens is 7. The number of rotatable bonds is 6. The topological polar surface area (TPSA) is 86.4 Å². The summed E-state index contributed by atoms with van der Waals surface area (Å²) in [5.74, 6) is 2.21. The molecule has 1 N–H and O–H groups in total. The monoisotopic (exact) mass is 469 g/mol. The van der Waals surface area contributed by atoms with Crippen molar-refractivity contribution in [3.05, 3.63) is 27.4 Å². The summed E-state index contributed by atoms with van der Waals surface area (Å²) >= 11 is 2.28. The Morgan fingerprint density at radius 2 is 2.04 bits per heavy atom. The third-order valence-corrected chi connectivity index (χ3v) is 5.11. The number of nitrogens with one attached hydrogen (secondary N) is 1. The molecule has 0 unspecified atom stereocenters. The van der Waals surface area contributed by atoms with E-state index in [1.54, 1.807) is 11.8 Å². The molecule has 0 spiro atoms. The highest BCUT2D eigenvalue weighted by Crippen LogP contribution is 2.27. The zero-order valence-corrected chi connectivity index (χ0v) is 17.9. The summed E-state index contributed by atoms with van der Waals surface area (Å²) in [4.78, 5) is 4.78. The summed E-state index contributed by atoms with van der Waals surface area (Å²) in [5, 5.41) is 16.8. The van der Waals surface area contributed by atoms with Crippen LogP contribution in [0.4, 0.5) is 0 Å². The van der Waals surface area contributed by atoms with Crippen molar-refractivity contribution < 1.29 is 4.74 Å². The van der Waals surface area contributed by atoms with Crippen LogP contribution >= 0.6 is 22.6 Å². The van der Waals surface area contributed by atoms with Crippen LogP contribution in [0.15, 0.2) is 12.3 Å². The van der Waals surface area contributed by atoms with Gasteiger partial charge in [0.2, 0.25) is 0 Å². The third kappa shape index (κ3) is 4.14. The van der Waals surface area contributed by atoms with Crippen molar-refractivity contribution in [2.45, 2.75) is 40.7 Å². The molecule has 0 fully saturated rings. The van der Waals surface area contributed by atoms with Crippen LogP contribution in [0.1, 0.15) is 32.3 Å². The van der Waals surface area contributed by atoms with Gasteiger partial charge in [-0.2, -0.15) is 14.9 Å². The van der Waals surface area contributed by atoms with E-state index in [0.29, 0.717) is 19.0 Å².